The Morgan fingerprint density at radius 2 is 2.05 bits per heavy atom. The van der Waals surface area contributed by atoms with E-state index in [0.29, 0.717) is 32.7 Å². The van der Waals surface area contributed by atoms with E-state index in [1.807, 2.05) is 4.90 Å². The third-order valence-corrected chi connectivity index (χ3v) is 3.09. The van der Waals surface area contributed by atoms with Crippen molar-refractivity contribution in [3.05, 3.63) is 0 Å². The van der Waals surface area contributed by atoms with E-state index in [2.05, 4.69) is 14.8 Å². The Morgan fingerprint density at radius 3 is 2.71 bits per heavy atom. The molecule has 0 radical (unpaired) electrons. The number of nitrogens with zero attached hydrogens (tertiary/aromatic N) is 1. The average Bonchev–Trinajstić information content (AvgIpc) is 2.50. The fourth-order valence-corrected chi connectivity index (χ4v) is 1.94. The predicted molar refractivity (Wildman–Crippen MR) is 72.5 cm³/mol. The van der Waals surface area contributed by atoms with Gasteiger partial charge in [0.15, 0.2) is 6.10 Å². The highest BCUT2D eigenvalue weighted by Gasteiger charge is 2.28. The average molecular weight is 302 g/mol. The van der Waals surface area contributed by atoms with Gasteiger partial charge in [-0.2, -0.15) is 0 Å². The van der Waals surface area contributed by atoms with Gasteiger partial charge in [-0.15, -0.1) is 0 Å². The normalized spacial score (nSPS) is 18.9. The Labute approximate surface area is 123 Å². The molecular formula is C13H22N2O6. The first-order valence-corrected chi connectivity index (χ1v) is 6.82. The molecule has 8 nitrogen and oxygen atoms in total. The molecule has 1 amide bonds. The van der Waals surface area contributed by atoms with Gasteiger partial charge >= 0.3 is 11.9 Å². The van der Waals surface area contributed by atoms with Crippen LogP contribution in [0.4, 0.5) is 0 Å². The molecule has 1 unspecified atom stereocenters. The molecule has 1 heterocycles. The highest BCUT2D eigenvalue weighted by atomic mass is 16.6. The van der Waals surface area contributed by atoms with Crippen LogP contribution >= 0.6 is 0 Å². The van der Waals surface area contributed by atoms with E-state index < -0.39 is 12.1 Å². The van der Waals surface area contributed by atoms with Gasteiger partial charge in [-0.3, -0.25) is 14.5 Å². The summed E-state index contributed by atoms with van der Waals surface area (Å²) >= 11 is 0. The standard InChI is InChI=1S/C13H22N2O6/c1-19-12(17)4-3-5-14-11(16)9-15-6-7-21-10(8-15)13(18)20-2/h10H,3-9H2,1-2H3,(H,14,16). The van der Waals surface area contributed by atoms with Gasteiger partial charge in [0.25, 0.3) is 0 Å². The lowest BCUT2D eigenvalue weighted by molar-refractivity contribution is -0.160. The third kappa shape index (κ3) is 6.54. The molecule has 1 aliphatic rings. The summed E-state index contributed by atoms with van der Waals surface area (Å²) in [5.74, 6) is -0.873. The van der Waals surface area contributed by atoms with E-state index in [1.54, 1.807) is 0 Å². The largest absolute Gasteiger partial charge is 0.469 e. The van der Waals surface area contributed by atoms with Gasteiger partial charge in [0, 0.05) is 26.1 Å². The molecule has 1 atom stereocenters. The summed E-state index contributed by atoms with van der Waals surface area (Å²) in [7, 11) is 2.63. The van der Waals surface area contributed by atoms with Crippen LogP contribution in [0, 0.1) is 0 Å². The zero-order chi connectivity index (χ0) is 15.7. The minimum absolute atomic E-state index is 0.148. The summed E-state index contributed by atoms with van der Waals surface area (Å²) in [6, 6.07) is 0. The van der Waals surface area contributed by atoms with Gasteiger partial charge in [0.2, 0.25) is 5.91 Å². The maximum atomic E-state index is 11.7. The number of nitrogens with one attached hydrogen (secondary N) is 1. The van der Waals surface area contributed by atoms with E-state index in [-0.39, 0.29) is 24.8 Å². The van der Waals surface area contributed by atoms with Crippen molar-refractivity contribution < 1.29 is 28.6 Å². The Hall–Kier alpha value is -1.67. The number of rotatable bonds is 7. The Balaban J connectivity index is 2.21. The maximum absolute atomic E-state index is 11.7. The zero-order valence-electron chi connectivity index (χ0n) is 12.4. The number of esters is 2. The number of amides is 1. The van der Waals surface area contributed by atoms with Crippen molar-refractivity contribution >= 4 is 17.8 Å². The molecule has 0 saturated carbocycles. The second-order valence-corrected chi connectivity index (χ2v) is 4.65. The molecule has 1 fully saturated rings. The highest BCUT2D eigenvalue weighted by molar-refractivity contribution is 5.78. The number of ether oxygens (including phenoxy) is 3. The van der Waals surface area contributed by atoms with E-state index in [1.165, 1.54) is 14.2 Å². The number of methoxy groups -OCH3 is 2. The quantitative estimate of drug-likeness (QED) is 0.472. The van der Waals surface area contributed by atoms with Crippen molar-refractivity contribution in [3.8, 4) is 0 Å². The fourth-order valence-electron chi connectivity index (χ4n) is 1.94. The number of hydrogen-bond acceptors (Lipinski definition) is 7. The topological polar surface area (TPSA) is 94.2 Å². The SMILES string of the molecule is COC(=O)CCCNC(=O)CN1CCOC(C(=O)OC)C1. The van der Waals surface area contributed by atoms with Gasteiger partial charge in [0.1, 0.15) is 0 Å². The number of hydrogen-bond donors (Lipinski definition) is 1. The van der Waals surface area contributed by atoms with Crippen molar-refractivity contribution in [2.45, 2.75) is 18.9 Å². The first-order valence-electron chi connectivity index (χ1n) is 6.82. The third-order valence-electron chi connectivity index (χ3n) is 3.09. The van der Waals surface area contributed by atoms with Crippen LogP contribution in [-0.2, 0) is 28.6 Å². The van der Waals surface area contributed by atoms with Crippen molar-refractivity contribution in [1.29, 1.82) is 0 Å². The maximum Gasteiger partial charge on any atom is 0.336 e. The van der Waals surface area contributed by atoms with E-state index >= 15 is 0 Å². The Kier molecular flexibility index (Phi) is 7.70. The van der Waals surface area contributed by atoms with Crippen LogP contribution in [-0.4, -0.2) is 75.9 Å². The van der Waals surface area contributed by atoms with Crippen LogP contribution < -0.4 is 5.32 Å². The van der Waals surface area contributed by atoms with Gasteiger partial charge < -0.3 is 19.5 Å². The minimum atomic E-state index is -0.643. The van der Waals surface area contributed by atoms with Crippen LogP contribution in [0.3, 0.4) is 0 Å². The van der Waals surface area contributed by atoms with Crippen molar-refractivity contribution in [3.63, 3.8) is 0 Å². The number of carbonyl (C=O) groups excluding carboxylic acids is 3. The van der Waals surface area contributed by atoms with E-state index in [4.69, 9.17) is 4.74 Å². The van der Waals surface area contributed by atoms with Gasteiger partial charge in [-0.05, 0) is 6.42 Å². The molecule has 1 saturated heterocycles. The molecule has 0 aromatic rings. The summed E-state index contributed by atoms with van der Waals surface area (Å²) in [4.78, 5) is 35.9. The molecule has 0 spiro atoms. The monoisotopic (exact) mass is 302 g/mol. The lowest BCUT2D eigenvalue weighted by Gasteiger charge is -2.30. The molecule has 0 aliphatic carbocycles. The summed E-state index contributed by atoms with van der Waals surface area (Å²) in [6.07, 6.45) is 0.168. The predicted octanol–water partition coefficient (Wildman–Crippen LogP) is -1.07. The van der Waals surface area contributed by atoms with Crippen molar-refractivity contribution in [2.24, 2.45) is 0 Å². The molecule has 1 aliphatic heterocycles. The molecule has 0 aromatic heterocycles. The lowest BCUT2D eigenvalue weighted by Crippen LogP contribution is -2.49. The summed E-state index contributed by atoms with van der Waals surface area (Å²) in [5.41, 5.74) is 0. The second-order valence-electron chi connectivity index (χ2n) is 4.65. The summed E-state index contributed by atoms with van der Waals surface area (Å²) in [5, 5.41) is 2.72. The first kappa shape index (κ1) is 17.4. The molecule has 120 valence electrons. The first-order chi connectivity index (χ1) is 10.1. The smallest absolute Gasteiger partial charge is 0.336 e. The number of carbonyl (C=O) groups is 3. The van der Waals surface area contributed by atoms with Gasteiger partial charge in [0.05, 0.1) is 27.4 Å². The molecule has 0 bridgehead atoms. The van der Waals surface area contributed by atoms with Crippen LogP contribution in [0.2, 0.25) is 0 Å². The highest BCUT2D eigenvalue weighted by Crippen LogP contribution is 2.06. The Morgan fingerprint density at radius 1 is 1.29 bits per heavy atom. The number of morpholine rings is 1. The molecule has 1 rings (SSSR count). The minimum Gasteiger partial charge on any atom is -0.469 e. The van der Waals surface area contributed by atoms with Crippen molar-refractivity contribution in [1.82, 2.24) is 10.2 Å². The molecular weight excluding hydrogens is 280 g/mol. The molecule has 21 heavy (non-hydrogen) atoms. The van der Waals surface area contributed by atoms with Gasteiger partial charge in [-0.25, -0.2) is 4.79 Å². The lowest BCUT2D eigenvalue weighted by atomic mass is 10.2. The Bertz CT molecular complexity index is 374. The summed E-state index contributed by atoms with van der Waals surface area (Å²) in [6.45, 7) is 1.91. The molecule has 8 heteroatoms. The van der Waals surface area contributed by atoms with E-state index in [0.717, 1.165) is 0 Å². The van der Waals surface area contributed by atoms with Crippen LogP contribution in [0.15, 0.2) is 0 Å². The summed E-state index contributed by atoms with van der Waals surface area (Å²) < 4.78 is 14.4. The molecule has 0 aromatic carbocycles. The van der Waals surface area contributed by atoms with Crippen LogP contribution in [0.5, 0.6) is 0 Å². The van der Waals surface area contributed by atoms with E-state index in [9.17, 15) is 14.4 Å². The van der Waals surface area contributed by atoms with Crippen LogP contribution in [0.25, 0.3) is 0 Å². The van der Waals surface area contributed by atoms with Crippen molar-refractivity contribution in [2.75, 3.05) is 47.0 Å². The second kappa shape index (κ2) is 9.30. The van der Waals surface area contributed by atoms with Crippen LogP contribution in [0.1, 0.15) is 12.8 Å². The molecule has 1 N–H and O–H groups in total. The van der Waals surface area contributed by atoms with Gasteiger partial charge in [-0.1, -0.05) is 0 Å². The fraction of sp³-hybridized carbons (Fsp3) is 0.769. The zero-order valence-corrected chi connectivity index (χ0v) is 12.4.